The van der Waals surface area contributed by atoms with E-state index in [0.29, 0.717) is 18.5 Å². The zero-order chi connectivity index (χ0) is 22.6. The molecule has 2 aromatic carbocycles. The average molecular weight is 452 g/mol. The van der Waals surface area contributed by atoms with Crippen molar-refractivity contribution in [2.24, 2.45) is 11.8 Å². The number of benzene rings is 2. The first-order chi connectivity index (χ1) is 16.1. The van der Waals surface area contributed by atoms with Crippen molar-refractivity contribution in [1.29, 1.82) is 0 Å². The molecular weight excluding hydrogens is 417 g/mol. The van der Waals surface area contributed by atoms with Crippen LogP contribution >= 0.6 is 0 Å². The van der Waals surface area contributed by atoms with Crippen LogP contribution in [0.4, 0.5) is 20.6 Å². The fourth-order valence-electron chi connectivity index (χ4n) is 5.75. The lowest BCUT2D eigenvalue weighted by atomic mass is 9.75. The molecule has 2 amide bonds. The van der Waals surface area contributed by atoms with Gasteiger partial charge in [0.15, 0.2) is 0 Å². The van der Waals surface area contributed by atoms with Crippen LogP contribution in [-0.2, 0) is 0 Å². The zero-order valence-electron chi connectivity index (χ0n) is 19.1. The Morgan fingerprint density at radius 3 is 2.42 bits per heavy atom. The fourth-order valence-corrected chi connectivity index (χ4v) is 5.75. The van der Waals surface area contributed by atoms with Crippen molar-refractivity contribution in [3.8, 4) is 0 Å². The van der Waals surface area contributed by atoms with E-state index in [2.05, 4.69) is 25.3 Å². The maximum Gasteiger partial charge on any atom is 0.319 e. The highest BCUT2D eigenvalue weighted by atomic mass is 19.1. The number of rotatable bonds is 6. The van der Waals surface area contributed by atoms with Gasteiger partial charge in [0.1, 0.15) is 5.82 Å². The molecule has 33 heavy (non-hydrogen) atoms. The summed E-state index contributed by atoms with van der Waals surface area (Å²) in [7, 11) is 0. The van der Waals surface area contributed by atoms with Gasteiger partial charge in [-0.2, -0.15) is 0 Å². The number of hydrogen-bond acceptors (Lipinski definition) is 4. The number of nitrogens with zero attached hydrogens (tertiary/aromatic N) is 3. The molecule has 0 radical (unpaired) electrons. The Morgan fingerprint density at radius 2 is 1.73 bits per heavy atom. The summed E-state index contributed by atoms with van der Waals surface area (Å²) in [5, 5.41) is 5.98. The lowest BCUT2D eigenvalue weighted by molar-refractivity contribution is -0.0114. The second kappa shape index (κ2) is 10.1. The molecule has 7 heteroatoms. The Labute approximate surface area is 195 Å². The number of carbonyl (C=O) groups excluding carboxylic acids is 1. The van der Waals surface area contributed by atoms with Crippen LogP contribution in [0.3, 0.4) is 0 Å². The number of piperazine rings is 1. The van der Waals surface area contributed by atoms with Gasteiger partial charge < -0.3 is 15.5 Å². The number of halogens is 1. The molecule has 2 N–H and O–H groups in total. The molecule has 176 valence electrons. The van der Waals surface area contributed by atoms with Crippen molar-refractivity contribution in [2.75, 3.05) is 62.6 Å². The Morgan fingerprint density at radius 1 is 0.970 bits per heavy atom. The molecule has 4 aliphatic rings. The van der Waals surface area contributed by atoms with Gasteiger partial charge >= 0.3 is 6.03 Å². The zero-order valence-corrected chi connectivity index (χ0v) is 19.1. The van der Waals surface area contributed by atoms with Crippen LogP contribution in [0.1, 0.15) is 12.8 Å². The number of nitrogens with one attached hydrogen (secondary N) is 2. The number of piperidine rings is 3. The summed E-state index contributed by atoms with van der Waals surface area (Å²) < 4.78 is 13.2. The monoisotopic (exact) mass is 451 g/mol. The van der Waals surface area contributed by atoms with Crippen LogP contribution < -0.4 is 15.5 Å². The number of anilines is 2. The number of hydrogen-bond donors (Lipinski definition) is 2. The third-order valence-corrected chi connectivity index (χ3v) is 7.60. The van der Waals surface area contributed by atoms with Crippen LogP contribution in [0, 0.1) is 17.7 Å². The van der Waals surface area contributed by atoms with Gasteiger partial charge in [0.05, 0.1) is 0 Å². The average Bonchev–Trinajstić information content (AvgIpc) is 2.85. The second-order valence-corrected chi connectivity index (χ2v) is 9.66. The molecule has 6 nitrogen and oxygen atoms in total. The standard InChI is InChI=1S/C26H34FN5O/c27-22-6-8-24(9-7-22)31-14-12-30(13-15-31)18-21-19-32-11-10-20(21)16-25(32)17-28-26(33)29-23-4-2-1-3-5-23/h1-9,20-21,25H,10-19H2,(H2,28,29,33)/t20-,21+,25-/m1/s1. The quantitative estimate of drug-likeness (QED) is 0.706. The van der Waals surface area contributed by atoms with Gasteiger partial charge in [0.25, 0.3) is 0 Å². The van der Waals surface area contributed by atoms with Gasteiger partial charge in [0, 0.05) is 63.2 Å². The number of amides is 2. The summed E-state index contributed by atoms with van der Waals surface area (Å²) in [4.78, 5) is 19.8. The molecule has 4 heterocycles. The molecule has 2 aromatic rings. The summed E-state index contributed by atoms with van der Waals surface area (Å²) in [6.07, 6.45) is 2.44. The molecule has 4 aliphatic heterocycles. The molecule has 4 fully saturated rings. The van der Waals surface area contributed by atoms with E-state index in [9.17, 15) is 9.18 Å². The lowest BCUT2D eigenvalue weighted by Gasteiger charge is -2.51. The molecule has 6 rings (SSSR count). The van der Waals surface area contributed by atoms with Crippen LogP contribution in [0.25, 0.3) is 0 Å². The van der Waals surface area contributed by atoms with Crippen LogP contribution in [0.5, 0.6) is 0 Å². The van der Waals surface area contributed by atoms with Gasteiger partial charge in [-0.3, -0.25) is 9.80 Å². The van der Waals surface area contributed by atoms with Crippen molar-refractivity contribution in [3.63, 3.8) is 0 Å². The minimum Gasteiger partial charge on any atom is -0.369 e. The minimum absolute atomic E-state index is 0.126. The van der Waals surface area contributed by atoms with Gasteiger partial charge in [-0.05, 0) is 67.6 Å². The van der Waals surface area contributed by atoms with Gasteiger partial charge in [-0.1, -0.05) is 18.2 Å². The summed E-state index contributed by atoms with van der Waals surface area (Å²) in [5.41, 5.74) is 1.94. The summed E-state index contributed by atoms with van der Waals surface area (Å²) >= 11 is 0. The van der Waals surface area contributed by atoms with E-state index in [-0.39, 0.29) is 11.8 Å². The van der Waals surface area contributed by atoms with Crippen molar-refractivity contribution < 1.29 is 9.18 Å². The Kier molecular flexibility index (Phi) is 6.78. The molecule has 0 aromatic heterocycles. The van der Waals surface area contributed by atoms with Crippen molar-refractivity contribution in [1.82, 2.24) is 15.1 Å². The van der Waals surface area contributed by atoms with Gasteiger partial charge in [-0.25, -0.2) is 9.18 Å². The third kappa shape index (κ3) is 5.47. The first-order valence-electron chi connectivity index (χ1n) is 12.2. The molecule has 0 spiro atoms. The predicted molar refractivity (Wildman–Crippen MR) is 130 cm³/mol. The molecule has 1 unspecified atom stereocenters. The number of para-hydroxylation sites is 1. The molecule has 4 atom stereocenters. The van der Waals surface area contributed by atoms with E-state index < -0.39 is 0 Å². The largest absolute Gasteiger partial charge is 0.369 e. The topological polar surface area (TPSA) is 50.9 Å². The van der Waals surface area contributed by atoms with Crippen LogP contribution in [-0.4, -0.2) is 74.2 Å². The highest BCUT2D eigenvalue weighted by Gasteiger charge is 2.40. The smallest absolute Gasteiger partial charge is 0.319 e. The third-order valence-electron chi connectivity index (χ3n) is 7.60. The molecule has 0 aliphatic carbocycles. The summed E-state index contributed by atoms with van der Waals surface area (Å²) in [5.74, 6) is 1.28. The molecule has 4 saturated heterocycles. The second-order valence-electron chi connectivity index (χ2n) is 9.66. The van der Waals surface area contributed by atoms with Crippen molar-refractivity contribution in [2.45, 2.75) is 18.9 Å². The van der Waals surface area contributed by atoms with Crippen molar-refractivity contribution in [3.05, 3.63) is 60.4 Å². The summed E-state index contributed by atoms with van der Waals surface area (Å²) in [6, 6.07) is 16.8. The first-order valence-corrected chi connectivity index (χ1v) is 12.2. The van der Waals surface area contributed by atoms with Crippen molar-refractivity contribution >= 4 is 17.4 Å². The van der Waals surface area contributed by atoms with Crippen LogP contribution in [0.15, 0.2) is 54.6 Å². The molecular formula is C26H34FN5O. The van der Waals surface area contributed by atoms with Crippen LogP contribution in [0.2, 0.25) is 0 Å². The lowest BCUT2D eigenvalue weighted by Crippen LogP contribution is -2.59. The highest BCUT2D eigenvalue weighted by molar-refractivity contribution is 5.89. The van der Waals surface area contributed by atoms with E-state index in [0.717, 1.165) is 63.1 Å². The fraction of sp³-hybridized carbons (Fsp3) is 0.500. The number of urea groups is 1. The minimum atomic E-state index is -0.176. The SMILES string of the molecule is O=C(NC[C@H]1C[C@H]2CCN1C[C@@H]2CN1CCN(c2ccc(F)cc2)CC1)Nc1ccccc1. The number of carbonyl (C=O) groups is 1. The van der Waals surface area contributed by atoms with E-state index >= 15 is 0 Å². The molecule has 0 saturated carbocycles. The van der Waals surface area contributed by atoms with E-state index in [1.807, 2.05) is 42.5 Å². The maximum atomic E-state index is 13.2. The highest BCUT2D eigenvalue weighted by Crippen LogP contribution is 2.36. The van der Waals surface area contributed by atoms with E-state index in [1.165, 1.54) is 12.8 Å². The van der Waals surface area contributed by atoms with E-state index in [1.54, 1.807) is 12.1 Å². The Hall–Kier alpha value is -2.64. The van der Waals surface area contributed by atoms with E-state index in [4.69, 9.17) is 0 Å². The Bertz CT molecular complexity index is 916. The predicted octanol–water partition coefficient (Wildman–Crippen LogP) is 3.48. The first kappa shape index (κ1) is 22.2. The number of fused-ring (bicyclic) bond motifs is 3. The summed E-state index contributed by atoms with van der Waals surface area (Å²) in [6.45, 7) is 8.26. The molecule has 2 bridgehead atoms. The van der Waals surface area contributed by atoms with Gasteiger partial charge in [-0.15, -0.1) is 0 Å². The van der Waals surface area contributed by atoms with Gasteiger partial charge in [0.2, 0.25) is 0 Å². The normalized spacial score (nSPS) is 27.4. The Balaban J connectivity index is 1.06. The maximum absolute atomic E-state index is 13.2.